The van der Waals surface area contributed by atoms with Crippen LogP contribution in [-0.4, -0.2) is 0 Å². The van der Waals surface area contributed by atoms with Crippen LogP contribution >= 0.6 is 27.5 Å². The van der Waals surface area contributed by atoms with Gasteiger partial charge in [-0.15, -0.1) is 0 Å². The van der Waals surface area contributed by atoms with Gasteiger partial charge in [0.25, 0.3) is 0 Å². The Morgan fingerprint density at radius 1 is 1.11 bits per heavy atom. The highest BCUT2D eigenvalue weighted by atomic mass is 79.9. The zero-order chi connectivity index (χ0) is 14.0. The second kappa shape index (κ2) is 5.99. The summed E-state index contributed by atoms with van der Waals surface area (Å²) in [6.45, 7) is 0. The van der Waals surface area contributed by atoms with Gasteiger partial charge in [0.2, 0.25) is 0 Å². The molecule has 0 spiro atoms. The molecule has 5 heteroatoms. The maximum Gasteiger partial charge on any atom is 0.123 e. The monoisotopic (exact) mass is 345 g/mol. The number of hydrogen-bond acceptors (Lipinski definition) is 1. The summed E-state index contributed by atoms with van der Waals surface area (Å²) >= 11 is 9.31. The van der Waals surface area contributed by atoms with Gasteiger partial charge in [-0.3, -0.25) is 0 Å². The lowest BCUT2D eigenvalue weighted by atomic mass is 9.99. The van der Waals surface area contributed by atoms with Crippen molar-refractivity contribution in [1.29, 1.82) is 0 Å². The number of halogens is 4. The molecule has 0 fully saturated rings. The van der Waals surface area contributed by atoms with Gasteiger partial charge in [0.1, 0.15) is 11.6 Å². The van der Waals surface area contributed by atoms with Crippen LogP contribution in [0, 0.1) is 11.6 Å². The van der Waals surface area contributed by atoms with Crippen LogP contribution in [-0.2, 0) is 6.42 Å². The molecule has 0 aromatic heterocycles. The average Bonchev–Trinajstić information content (AvgIpc) is 2.36. The highest BCUT2D eigenvalue weighted by molar-refractivity contribution is 9.10. The molecule has 0 saturated heterocycles. The minimum atomic E-state index is -0.468. The fourth-order valence-electron chi connectivity index (χ4n) is 1.85. The molecule has 0 aliphatic rings. The van der Waals surface area contributed by atoms with Crippen molar-refractivity contribution in [2.75, 3.05) is 0 Å². The Labute approximate surface area is 123 Å². The minimum Gasteiger partial charge on any atom is -0.324 e. The lowest BCUT2D eigenvalue weighted by Gasteiger charge is -2.15. The van der Waals surface area contributed by atoms with Gasteiger partial charge in [-0.25, -0.2) is 8.78 Å². The maximum absolute atomic E-state index is 13.2. The number of hydrogen-bond donors (Lipinski definition) is 1. The molecule has 100 valence electrons. The molecule has 2 aromatic rings. The standard InChI is InChI=1S/C14H11BrClF2N/c15-12-3-1-10(18)7-11(12)14(19)6-8-5-9(17)2-4-13(8)16/h1-5,7,14H,6,19H2. The molecule has 0 heterocycles. The zero-order valence-electron chi connectivity index (χ0n) is 9.84. The third kappa shape index (κ3) is 3.53. The van der Waals surface area contributed by atoms with Gasteiger partial charge in [0, 0.05) is 15.5 Å². The Bertz CT molecular complexity index is 604. The normalized spacial score (nSPS) is 12.5. The Hall–Kier alpha value is -0.970. The van der Waals surface area contributed by atoms with E-state index >= 15 is 0 Å². The van der Waals surface area contributed by atoms with E-state index in [1.807, 2.05) is 0 Å². The van der Waals surface area contributed by atoms with E-state index in [9.17, 15) is 8.78 Å². The van der Waals surface area contributed by atoms with Gasteiger partial charge < -0.3 is 5.73 Å². The van der Waals surface area contributed by atoms with E-state index in [0.29, 0.717) is 27.0 Å². The van der Waals surface area contributed by atoms with Crippen LogP contribution in [0.25, 0.3) is 0 Å². The first-order valence-corrected chi connectivity index (χ1v) is 6.79. The predicted molar refractivity (Wildman–Crippen MR) is 76.1 cm³/mol. The quantitative estimate of drug-likeness (QED) is 0.862. The van der Waals surface area contributed by atoms with E-state index in [1.54, 1.807) is 6.07 Å². The SMILES string of the molecule is NC(Cc1cc(F)ccc1Cl)c1cc(F)ccc1Br. The molecule has 1 nitrogen and oxygen atoms in total. The van der Waals surface area contributed by atoms with Crippen molar-refractivity contribution >= 4 is 27.5 Å². The van der Waals surface area contributed by atoms with Gasteiger partial charge >= 0.3 is 0 Å². The van der Waals surface area contributed by atoms with Crippen LogP contribution < -0.4 is 5.73 Å². The molecule has 1 unspecified atom stereocenters. The van der Waals surface area contributed by atoms with E-state index in [1.165, 1.54) is 30.3 Å². The molecule has 2 rings (SSSR count). The molecule has 2 N–H and O–H groups in total. The third-order valence-corrected chi connectivity index (χ3v) is 3.90. The van der Waals surface area contributed by atoms with Crippen molar-refractivity contribution in [3.05, 3.63) is 68.7 Å². The van der Waals surface area contributed by atoms with Crippen molar-refractivity contribution in [3.63, 3.8) is 0 Å². The second-order valence-corrected chi connectivity index (χ2v) is 5.47. The summed E-state index contributed by atoms with van der Waals surface area (Å²) in [7, 11) is 0. The molecule has 2 aromatic carbocycles. The highest BCUT2D eigenvalue weighted by Crippen LogP contribution is 2.28. The topological polar surface area (TPSA) is 26.0 Å². The first-order valence-electron chi connectivity index (χ1n) is 5.62. The number of nitrogens with two attached hydrogens (primary N) is 1. The van der Waals surface area contributed by atoms with E-state index in [0.717, 1.165) is 0 Å². The predicted octanol–water partition coefficient (Wildman–Crippen LogP) is 4.62. The first kappa shape index (κ1) is 14.4. The number of rotatable bonds is 3. The van der Waals surface area contributed by atoms with Gasteiger partial charge in [0.05, 0.1) is 0 Å². The lowest BCUT2D eigenvalue weighted by molar-refractivity contribution is 0.613. The largest absolute Gasteiger partial charge is 0.324 e. The van der Waals surface area contributed by atoms with Crippen LogP contribution in [0.4, 0.5) is 8.78 Å². The van der Waals surface area contributed by atoms with Crippen molar-refractivity contribution in [3.8, 4) is 0 Å². The van der Waals surface area contributed by atoms with E-state index in [4.69, 9.17) is 17.3 Å². The molecule has 1 atom stereocenters. The van der Waals surface area contributed by atoms with Crippen LogP contribution in [0.15, 0.2) is 40.9 Å². The summed E-state index contributed by atoms with van der Waals surface area (Å²) in [5, 5.41) is 0.448. The van der Waals surface area contributed by atoms with Gasteiger partial charge in [-0.1, -0.05) is 27.5 Å². The third-order valence-electron chi connectivity index (χ3n) is 2.81. The van der Waals surface area contributed by atoms with E-state index in [2.05, 4.69) is 15.9 Å². The van der Waals surface area contributed by atoms with Gasteiger partial charge in [-0.2, -0.15) is 0 Å². The average molecular weight is 347 g/mol. The summed E-state index contributed by atoms with van der Waals surface area (Å²) in [5.41, 5.74) is 7.27. The van der Waals surface area contributed by atoms with Crippen molar-refractivity contribution < 1.29 is 8.78 Å². The molecule has 0 radical (unpaired) electrons. The zero-order valence-corrected chi connectivity index (χ0v) is 12.2. The minimum absolute atomic E-state index is 0.332. The lowest BCUT2D eigenvalue weighted by Crippen LogP contribution is -2.14. The second-order valence-electron chi connectivity index (χ2n) is 4.21. The maximum atomic E-state index is 13.2. The molecule has 0 saturated carbocycles. The summed E-state index contributed by atoms with van der Waals surface area (Å²) in [5.74, 6) is -0.733. The van der Waals surface area contributed by atoms with Crippen LogP contribution in [0.1, 0.15) is 17.2 Å². The van der Waals surface area contributed by atoms with E-state index in [-0.39, 0.29) is 11.6 Å². The molecule has 0 aliphatic heterocycles. The molecular weight excluding hydrogens is 336 g/mol. The number of benzene rings is 2. The van der Waals surface area contributed by atoms with Crippen molar-refractivity contribution in [2.45, 2.75) is 12.5 Å². The van der Waals surface area contributed by atoms with Crippen LogP contribution in [0.3, 0.4) is 0 Å². The van der Waals surface area contributed by atoms with Gasteiger partial charge in [0.15, 0.2) is 0 Å². The molecule has 0 aliphatic carbocycles. The Balaban J connectivity index is 2.27. The summed E-state index contributed by atoms with van der Waals surface area (Å²) in [6, 6.07) is 7.95. The molecule has 0 bridgehead atoms. The Morgan fingerprint density at radius 2 is 1.74 bits per heavy atom. The summed E-state index contributed by atoms with van der Waals surface area (Å²) < 4.78 is 27.1. The summed E-state index contributed by atoms with van der Waals surface area (Å²) in [4.78, 5) is 0. The van der Waals surface area contributed by atoms with Crippen LogP contribution in [0.5, 0.6) is 0 Å². The summed E-state index contributed by atoms with van der Waals surface area (Å²) in [6.07, 6.45) is 0.332. The Kier molecular flexibility index (Phi) is 4.55. The smallest absolute Gasteiger partial charge is 0.123 e. The van der Waals surface area contributed by atoms with Gasteiger partial charge in [-0.05, 0) is 53.9 Å². The van der Waals surface area contributed by atoms with Crippen molar-refractivity contribution in [1.82, 2.24) is 0 Å². The highest BCUT2D eigenvalue weighted by Gasteiger charge is 2.14. The Morgan fingerprint density at radius 3 is 2.47 bits per heavy atom. The fourth-order valence-corrected chi connectivity index (χ4v) is 2.58. The molecule has 19 heavy (non-hydrogen) atoms. The first-order chi connectivity index (χ1) is 8.97. The molecule has 0 amide bonds. The van der Waals surface area contributed by atoms with Crippen LogP contribution in [0.2, 0.25) is 5.02 Å². The fraction of sp³-hybridized carbons (Fsp3) is 0.143. The van der Waals surface area contributed by atoms with Crippen molar-refractivity contribution in [2.24, 2.45) is 5.73 Å². The van der Waals surface area contributed by atoms with E-state index < -0.39 is 6.04 Å². The molecular formula is C14H11BrClF2N.